The Kier molecular flexibility index (Phi) is 6.87. The van der Waals surface area contributed by atoms with Crippen molar-refractivity contribution in [1.82, 2.24) is 5.43 Å². The molecule has 1 N–H and O–H groups in total. The maximum Gasteiger partial charge on any atom is 0.264 e. The highest BCUT2D eigenvalue weighted by Gasteiger charge is 2.26. The molecular weight excluding hydrogens is 422 g/mol. The van der Waals surface area contributed by atoms with E-state index in [2.05, 4.69) is 10.5 Å². The van der Waals surface area contributed by atoms with E-state index < -0.39 is 22.5 Å². The van der Waals surface area contributed by atoms with E-state index in [4.69, 9.17) is 11.6 Å². The van der Waals surface area contributed by atoms with Crippen molar-refractivity contribution in [2.24, 2.45) is 5.10 Å². The summed E-state index contributed by atoms with van der Waals surface area (Å²) in [5.74, 6) is -0.576. The predicted molar refractivity (Wildman–Crippen MR) is 119 cm³/mol. The molecule has 8 heteroatoms. The van der Waals surface area contributed by atoms with Gasteiger partial charge in [0.15, 0.2) is 0 Å². The van der Waals surface area contributed by atoms with Gasteiger partial charge in [-0.25, -0.2) is 13.8 Å². The van der Waals surface area contributed by atoms with Gasteiger partial charge < -0.3 is 0 Å². The number of carbonyl (C=O) groups is 1. The Morgan fingerprint density at radius 2 is 1.73 bits per heavy atom. The van der Waals surface area contributed by atoms with Gasteiger partial charge in [-0.3, -0.25) is 9.10 Å². The minimum atomic E-state index is -3.94. The highest BCUT2D eigenvalue weighted by atomic mass is 35.5. The van der Waals surface area contributed by atoms with Gasteiger partial charge in [-0.2, -0.15) is 5.10 Å². The highest BCUT2D eigenvalue weighted by molar-refractivity contribution is 7.92. The van der Waals surface area contributed by atoms with E-state index in [1.165, 1.54) is 18.3 Å². The number of anilines is 1. The molecule has 0 aliphatic heterocycles. The first kappa shape index (κ1) is 21.5. The van der Waals surface area contributed by atoms with Crippen LogP contribution >= 0.6 is 11.6 Å². The summed E-state index contributed by atoms with van der Waals surface area (Å²) in [7, 11) is -3.94. The predicted octanol–water partition coefficient (Wildman–Crippen LogP) is 3.99. The van der Waals surface area contributed by atoms with Crippen molar-refractivity contribution < 1.29 is 13.2 Å². The highest BCUT2D eigenvalue weighted by Crippen LogP contribution is 2.23. The van der Waals surface area contributed by atoms with Crippen LogP contribution in [0.3, 0.4) is 0 Å². The van der Waals surface area contributed by atoms with Gasteiger partial charge >= 0.3 is 0 Å². The lowest BCUT2D eigenvalue weighted by Crippen LogP contribution is -2.39. The maximum atomic E-state index is 13.2. The molecule has 0 radical (unpaired) electrons. The summed E-state index contributed by atoms with van der Waals surface area (Å²) in [6.45, 7) is 1.48. The third kappa shape index (κ3) is 5.46. The number of sulfonamides is 1. The summed E-state index contributed by atoms with van der Waals surface area (Å²) in [6, 6.07) is 21.8. The van der Waals surface area contributed by atoms with Crippen molar-refractivity contribution in [2.75, 3.05) is 10.8 Å². The van der Waals surface area contributed by atoms with Crippen LogP contribution in [0.15, 0.2) is 88.9 Å². The molecule has 0 spiro atoms. The molecule has 0 fully saturated rings. The Morgan fingerprint density at radius 3 is 2.40 bits per heavy atom. The molecule has 0 atom stereocenters. The van der Waals surface area contributed by atoms with Gasteiger partial charge in [0.1, 0.15) is 6.54 Å². The van der Waals surface area contributed by atoms with Gasteiger partial charge in [0.05, 0.1) is 16.8 Å². The van der Waals surface area contributed by atoms with Crippen LogP contribution in [0.1, 0.15) is 11.1 Å². The van der Waals surface area contributed by atoms with Crippen molar-refractivity contribution >= 4 is 39.4 Å². The van der Waals surface area contributed by atoms with Crippen LogP contribution in [-0.4, -0.2) is 27.1 Å². The van der Waals surface area contributed by atoms with Crippen LogP contribution in [0.4, 0.5) is 5.69 Å². The molecule has 6 nitrogen and oxygen atoms in total. The zero-order valence-electron chi connectivity index (χ0n) is 16.2. The SMILES string of the molecule is Cc1ccc(N(CC(=O)N/N=C\c2cccc(Cl)c2)S(=O)(=O)c2ccccc2)cc1. The quantitative estimate of drug-likeness (QED) is 0.444. The molecule has 1 amide bonds. The Morgan fingerprint density at radius 1 is 1.03 bits per heavy atom. The van der Waals surface area contributed by atoms with E-state index in [1.807, 2.05) is 6.92 Å². The third-order valence-corrected chi connectivity index (χ3v) is 6.22. The number of aryl methyl sites for hydroxylation is 1. The van der Waals surface area contributed by atoms with Gasteiger partial charge in [0, 0.05) is 5.02 Å². The Labute approximate surface area is 180 Å². The van der Waals surface area contributed by atoms with Gasteiger partial charge in [0.25, 0.3) is 15.9 Å². The second-order valence-corrected chi connectivity index (χ2v) is 8.81. The molecule has 30 heavy (non-hydrogen) atoms. The van der Waals surface area contributed by atoms with E-state index in [-0.39, 0.29) is 4.90 Å². The first-order chi connectivity index (χ1) is 14.4. The van der Waals surface area contributed by atoms with Crippen molar-refractivity contribution in [3.63, 3.8) is 0 Å². The maximum absolute atomic E-state index is 13.2. The average molecular weight is 442 g/mol. The molecule has 154 valence electrons. The molecule has 0 aromatic heterocycles. The molecule has 0 bridgehead atoms. The largest absolute Gasteiger partial charge is 0.271 e. The number of amides is 1. The van der Waals surface area contributed by atoms with Crippen LogP contribution in [0.25, 0.3) is 0 Å². The van der Waals surface area contributed by atoms with E-state index >= 15 is 0 Å². The van der Waals surface area contributed by atoms with E-state index in [1.54, 1.807) is 66.7 Å². The average Bonchev–Trinajstić information content (AvgIpc) is 2.73. The van der Waals surface area contributed by atoms with Crippen LogP contribution < -0.4 is 9.73 Å². The first-order valence-electron chi connectivity index (χ1n) is 9.08. The lowest BCUT2D eigenvalue weighted by atomic mass is 10.2. The fourth-order valence-electron chi connectivity index (χ4n) is 2.68. The van der Waals surface area contributed by atoms with Crippen LogP contribution in [0, 0.1) is 6.92 Å². The molecule has 0 saturated carbocycles. The number of benzene rings is 3. The summed E-state index contributed by atoms with van der Waals surface area (Å²) < 4.78 is 27.4. The van der Waals surface area contributed by atoms with Crippen molar-refractivity contribution in [1.29, 1.82) is 0 Å². The van der Waals surface area contributed by atoms with E-state index in [0.29, 0.717) is 16.3 Å². The molecule has 0 heterocycles. The normalized spacial score (nSPS) is 11.4. The second-order valence-electron chi connectivity index (χ2n) is 6.51. The Balaban J connectivity index is 1.82. The third-order valence-electron chi connectivity index (χ3n) is 4.19. The molecule has 3 aromatic carbocycles. The summed E-state index contributed by atoms with van der Waals surface area (Å²) >= 11 is 5.92. The van der Waals surface area contributed by atoms with Gasteiger partial charge in [-0.15, -0.1) is 0 Å². The standard InChI is InChI=1S/C22H20ClN3O3S/c1-17-10-12-20(13-11-17)26(30(28,29)21-8-3-2-4-9-21)16-22(27)25-24-15-18-6-5-7-19(23)14-18/h2-15H,16H2,1H3,(H,25,27)/b24-15-. The van der Waals surface area contributed by atoms with Crippen molar-refractivity contribution in [2.45, 2.75) is 11.8 Å². The monoisotopic (exact) mass is 441 g/mol. The molecule has 3 aromatic rings. The Hall–Kier alpha value is -3.16. The van der Waals surface area contributed by atoms with E-state index in [0.717, 1.165) is 9.87 Å². The second kappa shape index (κ2) is 9.56. The fourth-order valence-corrected chi connectivity index (χ4v) is 4.32. The molecular formula is C22H20ClN3O3S. The minimum absolute atomic E-state index is 0.0980. The lowest BCUT2D eigenvalue weighted by molar-refractivity contribution is -0.119. The fraction of sp³-hybridized carbons (Fsp3) is 0.0909. The van der Waals surface area contributed by atoms with E-state index in [9.17, 15) is 13.2 Å². The zero-order chi connectivity index (χ0) is 21.6. The molecule has 0 aliphatic rings. The number of hydrogen-bond donors (Lipinski definition) is 1. The minimum Gasteiger partial charge on any atom is -0.271 e. The topological polar surface area (TPSA) is 78.8 Å². The summed E-state index contributed by atoms with van der Waals surface area (Å²) in [5, 5.41) is 4.44. The van der Waals surface area contributed by atoms with Crippen molar-refractivity contribution in [3.8, 4) is 0 Å². The van der Waals surface area contributed by atoms with Gasteiger partial charge in [0.2, 0.25) is 0 Å². The molecule has 3 rings (SSSR count). The van der Waals surface area contributed by atoms with Crippen molar-refractivity contribution in [3.05, 3.63) is 95.0 Å². The van der Waals surface area contributed by atoms with Crippen LogP contribution in [-0.2, 0) is 14.8 Å². The smallest absolute Gasteiger partial charge is 0.264 e. The zero-order valence-corrected chi connectivity index (χ0v) is 17.8. The Bertz CT molecular complexity index is 1150. The number of hydrogen-bond acceptors (Lipinski definition) is 4. The number of halogens is 1. The number of nitrogens with one attached hydrogen (secondary N) is 1. The first-order valence-corrected chi connectivity index (χ1v) is 10.9. The van der Waals surface area contributed by atoms with Gasteiger partial charge in [-0.05, 0) is 48.9 Å². The molecule has 0 unspecified atom stereocenters. The number of hydrazone groups is 1. The number of carbonyl (C=O) groups excluding carboxylic acids is 1. The van der Waals surface area contributed by atoms with Gasteiger partial charge in [-0.1, -0.05) is 59.6 Å². The lowest BCUT2D eigenvalue weighted by Gasteiger charge is -2.23. The summed E-state index contributed by atoms with van der Waals surface area (Å²) in [6.07, 6.45) is 1.44. The number of rotatable bonds is 7. The van der Waals surface area contributed by atoms with Crippen LogP contribution in [0.5, 0.6) is 0 Å². The molecule has 0 saturated heterocycles. The summed E-state index contributed by atoms with van der Waals surface area (Å²) in [5.41, 5.74) is 4.44. The van der Waals surface area contributed by atoms with Crippen LogP contribution in [0.2, 0.25) is 5.02 Å². The molecule has 0 aliphatic carbocycles. The number of nitrogens with zero attached hydrogens (tertiary/aromatic N) is 2. The summed E-state index contributed by atoms with van der Waals surface area (Å²) in [4.78, 5) is 12.6.